The molecule has 0 bridgehead atoms. The van der Waals surface area contributed by atoms with Crippen molar-refractivity contribution in [3.8, 4) is 5.75 Å². The minimum Gasteiger partial charge on any atom is -0.492 e. The molecule has 0 aliphatic rings. The summed E-state index contributed by atoms with van der Waals surface area (Å²) in [6.07, 6.45) is 2.06. The second-order valence-electron chi connectivity index (χ2n) is 2.69. The van der Waals surface area contributed by atoms with Crippen LogP contribution in [0.15, 0.2) is 18.2 Å². The maximum atomic E-state index is 6.03. The first-order chi connectivity index (χ1) is 6.79. The van der Waals surface area contributed by atoms with Crippen molar-refractivity contribution >= 4 is 39.3 Å². The van der Waals surface area contributed by atoms with Gasteiger partial charge in [-0.1, -0.05) is 33.6 Å². The maximum absolute atomic E-state index is 6.03. The van der Waals surface area contributed by atoms with E-state index in [1.165, 1.54) is 0 Å². The summed E-state index contributed by atoms with van der Waals surface area (Å²) in [7, 11) is 0. The lowest BCUT2D eigenvalue weighted by molar-refractivity contribution is 0.341. The second-order valence-corrected chi connectivity index (χ2v) is 4.64. The first-order valence-electron chi connectivity index (χ1n) is 4.24. The lowest BCUT2D eigenvalue weighted by Gasteiger charge is -2.10. The Hall–Kier alpha value is 0.140. The fourth-order valence-electron chi connectivity index (χ4n) is 1.04. The van der Waals surface area contributed by atoms with Gasteiger partial charge in [0.25, 0.3) is 0 Å². The molecule has 0 saturated heterocycles. The number of halogens is 2. The van der Waals surface area contributed by atoms with Gasteiger partial charge in [-0.2, -0.15) is 11.8 Å². The maximum Gasteiger partial charge on any atom is 0.124 e. The fraction of sp³-hybridized carbons (Fsp3) is 0.400. The fourth-order valence-corrected chi connectivity index (χ4v) is 2.26. The summed E-state index contributed by atoms with van der Waals surface area (Å²) in [5, 5.41) is 1.48. The molecule has 0 aromatic heterocycles. The van der Waals surface area contributed by atoms with E-state index in [9.17, 15) is 0 Å². The van der Waals surface area contributed by atoms with Crippen LogP contribution in [-0.2, 0) is 5.33 Å². The van der Waals surface area contributed by atoms with Crippen LogP contribution in [0.25, 0.3) is 0 Å². The van der Waals surface area contributed by atoms with Crippen LogP contribution in [-0.4, -0.2) is 18.6 Å². The average molecular weight is 296 g/mol. The zero-order valence-corrected chi connectivity index (χ0v) is 11.1. The number of hydrogen-bond acceptors (Lipinski definition) is 2. The Morgan fingerprint density at radius 3 is 2.93 bits per heavy atom. The van der Waals surface area contributed by atoms with Crippen molar-refractivity contribution in [2.75, 3.05) is 18.6 Å². The number of rotatable bonds is 5. The van der Waals surface area contributed by atoms with Crippen LogP contribution in [0.1, 0.15) is 5.56 Å². The van der Waals surface area contributed by atoms with E-state index in [2.05, 4.69) is 22.2 Å². The largest absolute Gasteiger partial charge is 0.492 e. The molecule has 0 unspecified atom stereocenters. The monoisotopic (exact) mass is 294 g/mol. The zero-order valence-electron chi connectivity index (χ0n) is 7.93. The van der Waals surface area contributed by atoms with Gasteiger partial charge in [-0.3, -0.25) is 0 Å². The molecule has 0 spiro atoms. The molecule has 4 heteroatoms. The van der Waals surface area contributed by atoms with E-state index >= 15 is 0 Å². The second kappa shape index (κ2) is 6.59. The van der Waals surface area contributed by atoms with Crippen LogP contribution in [0.2, 0.25) is 5.02 Å². The van der Waals surface area contributed by atoms with E-state index in [1.54, 1.807) is 11.8 Å². The van der Waals surface area contributed by atoms with Crippen molar-refractivity contribution in [2.45, 2.75) is 5.33 Å². The Morgan fingerprint density at radius 2 is 2.29 bits per heavy atom. The minimum absolute atomic E-state index is 0.723. The molecule has 0 heterocycles. The first kappa shape index (κ1) is 12.2. The quantitative estimate of drug-likeness (QED) is 0.600. The van der Waals surface area contributed by atoms with Gasteiger partial charge < -0.3 is 4.74 Å². The molecule has 0 aliphatic carbocycles. The molecule has 14 heavy (non-hydrogen) atoms. The van der Waals surface area contributed by atoms with Crippen LogP contribution in [0, 0.1) is 0 Å². The van der Waals surface area contributed by atoms with Gasteiger partial charge in [-0.05, 0) is 18.4 Å². The third-order valence-electron chi connectivity index (χ3n) is 1.75. The Balaban J connectivity index is 2.70. The van der Waals surface area contributed by atoms with Crippen molar-refractivity contribution in [1.82, 2.24) is 0 Å². The number of alkyl halides is 1. The summed E-state index contributed by atoms with van der Waals surface area (Å²) >= 11 is 11.2. The average Bonchev–Trinajstić information content (AvgIpc) is 2.18. The number of thioether (sulfide) groups is 1. The molecular formula is C10H12BrClOS. The third kappa shape index (κ3) is 3.37. The van der Waals surface area contributed by atoms with Crippen molar-refractivity contribution in [3.63, 3.8) is 0 Å². The zero-order chi connectivity index (χ0) is 10.4. The van der Waals surface area contributed by atoms with Crippen molar-refractivity contribution < 1.29 is 4.74 Å². The molecule has 0 amide bonds. The predicted molar refractivity (Wildman–Crippen MR) is 68.0 cm³/mol. The lowest BCUT2D eigenvalue weighted by atomic mass is 10.2. The molecule has 0 saturated carbocycles. The van der Waals surface area contributed by atoms with Crippen molar-refractivity contribution in [2.24, 2.45) is 0 Å². The SMILES string of the molecule is CSCCOc1cccc(Cl)c1CBr. The molecule has 1 rings (SSSR count). The molecule has 1 aromatic carbocycles. The summed E-state index contributed by atoms with van der Waals surface area (Å²) in [4.78, 5) is 0. The van der Waals surface area contributed by atoms with Gasteiger partial charge in [-0.25, -0.2) is 0 Å². The highest BCUT2D eigenvalue weighted by molar-refractivity contribution is 9.08. The molecule has 0 aliphatic heterocycles. The molecule has 0 fully saturated rings. The smallest absolute Gasteiger partial charge is 0.124 e. The van der Waals surface area contributed by atoms with E-state index in [4.69, 9.17) is 16.3 Å². The highest BCUT2D eigenvalue weighted by Gasteiger charge is 2.05. The third-order valence-corrected chi connectivity index (χ3v) is 3.24. The molecule has 0 atom stereocenters. The summed E-state index contributed by atoms with van der Waals surface area (Å²) in [5.74, 6) is 1.87. The summed E-state index contributed by atoms with van der Waals surface area (Å²) in [6, 6.07) is 5.73. The van der Waals surface area contributed by atoms with Gasteiger partial charge in [0.05, 0.1) is 6.61 Å². The number of benzene rings is 1. The van der Waals surface area contributed by atoms with Crippen LogP contribution in [0.4, 0.5) is 0 Å². The number of ether oxygens (including phenoxy) is 1. The Bertz CT molecular complexity index is 293. The van der Waals surface area contributed by atoms with Crippen molar-refractivity contribution in [3.05, 3.63) is 28.8 Å². The number of hydrogen-bond donors (Lipinski definition) is 0. The van der Waals surface area contributed by atoms with Gasteiger partial charge in [-0.15, -0.1) is 0 Å². The van der Waals surface area contributed by atoms with Crippen LogP contribution in [0.3, 0.4) is 0 Å². The molecule has 0 radical (unpaired) electrons. The summed E-state index contributed by atoms with van der Waals surface area (Å²) in [6.45, 7) is 0.724. The predicted octanol–water partition coefficient (Wildman–Crippen LogP) is 3.98. The summed E-state index contributed by atoms with van der Waals surface area (Å²) < 4.78 is 5.61. The minimum atomic E-state index is 0.723. The first-order valence-corrected chi connectivity index (χ1v) is 7.14. The summed E-state index contributed by atoms with van der Waals surface area (Å²) in [5.41, 5.74) is 1.02. The highest BCUT2D eigenvalue weighted by Crippen LogP contribution is 2.28. The van der Waals surface area contributed by atoms with E-state index in [0.29, 0.717) is 0 Å². The van der Waals surface area contributed by atoms with Gasteiger partial charge in [0, 0.05) is 21.7 Å². The molecule has 78 valence electrons. The molecule has 1 aromatic rings. The topological polar surface area (TPSA) is 9.23 Å². The van der Waals surface area contributed by atoms with Gasteiger partial charge in [0.2, 0.25) is 0 Å². The van der Waals surface area contributed by atoms with Gasteiger partial charge in [0.15, 0.2) is 0 Å². The molecule has 0 N–H and O–H groups in total. The molecular weight excluding hydrogens is 284 g/mol. The standard InChI is InChI=1S/C10H12BrClOS/c1-14-6-5-13-10-4-2-3-9(12)8(10)7-11/h2-4H,5-7H2,1H3. The highest BCUT2D eigenvalue weighted by atomic mass is 79.9. The lowest BCUT2D eigenvalue weighted by Crippen LogP contribution is -2.01. The van der Waals surface area contributed by atoms with Crippen LogP contribution >= 0.6 is 39.3 Å². The normalized spacial score (nSPS) is 10.2. The molecule has 1 nitrogen and oxygen atoms in total. The van der Waals surface area contributed by atoms with Gasteiger partial charge in [0.1, 0.15) is 5.75 Å². The Kier molecular flexibility index (Phi) is 5.75. The van der Waals surface area contributed by atoms with E-state index in [-0.39, 0.29) is 0 Å². The van der Waals surface area contributed by atoms with E-state index in [0.717, 1.165) is 34.0 Å². The van der Waals surface area contributed by atoms with Gasteiger partial charge >= 0.3 is 0 Å². The van der Waals surface area contributed by atoms with Crippen LogP contribution < -0.4 is 4.74 Å². The van der Waals surface area contributed by atoms with Crippen LogP contribution in [0.5, 0.6) is 5.75 Å². The van der Waals surface area contributed by atoms with Crippen molar-refractivity contribution in [1.29, 1.82) is 0 Å². The van der Waals surface area contributed by atoms with E-state index < -0.39 is 0 Å². The Morgan fingerprint density at radius 1 is 1.50 bits per heavy atom. The Labute approximate surface area is 102 Å². The van der Waals surface area contributed by atoms with E-state index in [1.807, 2.05) is 18.2 Å².